The van der Waals surface area contributed by atoms with Gasteiger partial charge in [0.25, 0.3) is 5.91 Å². The highest BCUT2D eigenvalue weighted by molar-refractivity contribution is 6.07. The first-order valence-corrected chi connectivity index (χ1v) is 11.1. The van der Waals surface area contributed by atoms with E-state index in [0.717, 1.165) is 44.5 Å². The van der Waals surface area contributed by atoms with Gasteiger partial charge in [0.05, 0.1) is 18.4 Å². The summed E-state index contributed by atoms with van der Waals surface area (Å²) < 4.78 is 5.28. The lowest BCUT2D eigenvalue weighted by Gasteiger charge is -2.33. The molecule has 2 fully saturated rings. The Hall–Kier alpha value is -3.09. The second-order valence-electron chi connectivity index (χ2n) is 8.40. The lowest BCUT2D eigenvalue weighted by Crippen LogP contribution is -2.41. The molecule has 7 nitrogen and oxygen atoms in total. The van der Waals surface area contributed by atoms with E-state index in [2.05, 4.69) is 10.3 Å². The first kappa shape index (κ1) is 21.2. The van der Waals surface area contributed by atoms with E-state index in [9.17, 15) is 9.59 Å². The minimum Gasteiger partial charge on any atom is -0.495 e. The summed E-state index contributed by atoms with van der Waals surface area (Å²) in [5, 5.41) is 2.83. The summed E-state index contributed by atoms with van der Waals surface area (Å²) in [7, 11) is 1.56. The molecule has 7 heteroatoms. The maximum absolute atomic E-state index is 12.7. The van der Waals surface area contributed by atoms with Gasteiger partial charge in [-0.05, 0) is 49.9 Å². The van der Waals surface area contributed by atoms with E-state index in [1.165, 1.54) is 12.8 Å². The first-order valence-electron chi connectivity index (χ1n) is 11.1. The van der Waals surface area contributed by atoms with Gasteiger partial charge in [-0.2, -0.15) is 0 Å². The van der Waals surface area contributed by atoms with Crippen LogP contribution in [0.15, 0.2) is 36.4 Å². The summed E-state index contributed by atoms with van der Waals surface area (Å²) in [5.74, 6) is 1.28. The van der Waals surface area contributed by atoms with E-state index in [1.54, 1.807) is 25.3 Å². The molecule has 0 spiro atoms. The van der Waals surface area contributed by atoms with Gasteiger partial charge in [0.2, 0.25) is 5.91 Å². The molecule has 1 saturated carbocycles. The standard InChI is InChI=1S/C24H30N4O3/c1-31-21-9-5-4-8-20(21)27-23(29)18-10-11-19(26-22(18)25)16-12-14-28(15-13-16)24(30)17-6-2-3-7-17/h4-5,8-11,16-17H,2-3,6-7,12-15H2,1H3,(H2,25,26)(H,27,29). The molecule has 1 saturated heterocycles. The monoisotopic (exact) mass is 422 g/mol. The molecule has 0 bridgehead atoms. The smallest absolute Gasteiger partial charge is 0.259 e. The van der Waals surface area contributed by atoms with E-state index in [0.29, 0.717) is 22.9 Å². The Morgan fingerprint density at radius 1 is 1.06 bits per heavy atom. The van der Waals surface area contributed by atoms with E-state index in [-0.39, 0.29) is 23.6 Å². The number of pyridine rings is 1. The number of likely N-dealkylation sites (tertiary alicyclic amines) is 1. The largest absolute Gasteiger partial charge is 0.495 e. The Bertz CT molecular complexity index is 948. The third-order valence-electron chi connectivity index (χ3n) is 6.48. The van der Waals surface area contributed by atoms with E-state index < -0.39 is 0 Å². The van der Waals surface area contributed by atoms with Gasteiger partial charge in [-0.1, -0.05) is 25.0 Å². The number of carbonyl (C=O) groups is 2. The van der Waals surface area contributed by atoms with Gasteiger partial charge in [0.1, 0.15) is 11.6 Å². The molecule has 1 aromatic carbocycles. The minimum absolute atomic E-state index is 0.217. The van der Waals surface area contributed by atoms with Gasteiger partial charge in [0, 0.05) is 30.6 Å². The summed E-state index contributed by atoms with van der Waals surface area (Å²) in [4.78, 5) is 31.9. The number of para-hydroxylation sites is 2. The number of nitrogens with zero attached hydrogens (tertiary/aromatic N) is 2. The molecule has 1 aliphatic heterocycles. The number of rotatable bonds is 5. The molecule has 2 aromatic rings. The van der Waals surface area contributed by atoms with Crippen molar-refractivity contribution in [1.82, 2.24) is 9.88 Å². The predicted molar refractivity (Wildman–Crippen MR) is 120 cm³/mol. The number of piperidine rings is 1. The van der Waals surface area contributed by atoms with Crippen LogP contribution < -0.4 is 15.8 Å². The number of benzene rings is 1. The molecule has 0 atom stereocenters. The average molecular weight is 423 g/mol. The van der Waals surface area contributed by atoms with Crippen molar-refractivity contribution < 1.29 is 14.3 Å². The van der Waals surface area contributed by atoms with Crippen LogP contribution in [0, 0.1) is 5.92 Å². The maximum Gasteiger partial charge on any atom is 0.259 e. The van der Waals surface area contributed by atoms with Crippen LogP contribution in [0.2, 0.25) is 0 Å². The summed E-state index contributed by atoms with van der Waals surface area (Å²) in [6.45, 7) is 1.52. The number of ether oxygens (including phenoxy) is 1. The topological polar surface area (TPSA) is 97.5 Å². The number of nitrogens with two attached hydrogens (primary N) is 1. The molecular formula is C24H30N4O3. The molecular weight excluding hydrogens is 392 g/mol. The molecule has 0 radical (unpaired) electrons. The van der Waals surface area contributed by atoms with Crippen LogP contribution in [0.3, 0.4) is 0 Å². The zero-order valence-corrected chi connectivity index (χ0v) is 18.0. The average Bonchev–Trinajstić information content (AvgIpc) is 3.34. The van der Waals surface area contributed by atoms with Crippen molar-refractivity contribution in [3.8, 4) is 5.75 Å². The third kappa shape index (κ3) is 4.65. The van der Waals surface area contributed by atoms with Gasteiger partial charge < -0.3 is 20.7 Å². The van der Waals surface area contributed by atoms with E-state index in [4.69, 9.17) is 10.5 Å². The van der Waals surface area contributed by atoms with Crippen molar-refractivity contribution in [3.05, 3.63) is 47.7 Å². The number of amides is 2. The molecule has 2 amide bonds. The minimum atomic E-state index is -0.321. The normalized spacial score (nSPS) is 17.5. The summed E-state index contributed by atoms with van der Waals surface area (Å²) in [6, 6.07) is 10.8. The van der Waals surface area contributed by atoms with Crippen LogP contribution in [0.4, 0.5) is 11.5 Å². The molecule has 1 aromatic heterocycles. The summed E-state index contributed by atoms with van der Waals surface area (Å²) in [5.41, 5.74) is 7.95. The lowest BCUT2D eigenvalue weighted by atomic mass is 9.91. The van der Waals surface area contributed by atoms with Crippen molar-refractivity contribution in [2.45, 2.75) is 44.4 Å². The summed E-state index contributed by atoms with van der Waals surface area (Å²) in [6.07, 6.45) is 6.17. The predicted octanol–water partition coefficient (Wildman–Crippen LogP) is 3.82. The second-order valence-corrected chi connectivity index (χ2v) is 8.40. The van der Waals surface area contributed by atoms with Crippen molar-refractivity contribution >= 4 is 23.3 Å². The molecule has 4 rings (SSSR count). The molecule has 164 valence electrons. The summed E-state index contributed by atoms with van der Waals surface area (Å²) >= 11 is 0. The number of hydrogen-bond acceptors (Lipinski definition) is 5. The van der Waals surface area contributed by atoms with Crippen molar-refractivity contribution in [3.63, 3.8) is 0 Å². The van der Waals surface area contributed by atoms with Crippen molar-refractivity contribution in [2.75, 3.05) is 31.2 Å². The van der Waals surface area contributed by atoms with Crippen LogP contribution in [0.25, 0.3) is 0 Å². The van der Waals surface area contributed by atoms with Gasteiger partial charge in [-0.3, -0.25) is 9.59 Å². The number of aromatic nitrogens is 1. The lowest BCUT2D eigenvalue weighted by molar-refractivity contribution is -0.136. The van der Waals surface area contributed by atoms with Gasteiger partial charge in [0.15, 0.2) is 0 Å². The Kier molecular flexibility index (Phi) is 6.39. The molecule has 2 heterocycles. The van der Waals surface area contributed by atoms with E-state index in [1.807, 2.05) is 23.1 Å². The van der Waals surface area contributed by atoms with Gasteiger partial charge in [-0.25, -0.2) is 4.98 Å². The van der Waals surface area contributed by atoms with Crippen molar-refractivity contribution in [2.24, 2.45) is 5.92 Å². The Balaban J connectivity index is 1.38. The highest BCUT2D eigenvalue weighted by atomic mass is 16.5. The fraction of sp³-hybridized carbons (Fsp3) is 0.458. The fourth-order valence-corrected chi connectivity index (χ4v) is 4.67. The molecule has 1 aliphatic carbocycles. The number of hydrogen-bond donors (Lipinski definition) is 2. The van der Waals surface area contributed by atoms with Crippen molar-refractivity contribution in [1.29, 1.82) is 0 Å². The number of methoxy groups -OCH3 is 1. The number of nitrogens with one attached hydrogen (secondary N) is 1. The quantitative estimate of drug-likeness (QED) is 0.763. The second kappa shape index (κ2) is 9.37. The highest BCUT2D eigenvalue weighted by Crippen LogP contribution is 2.32. The SMILES string of the molecule is COc1ccccc1NC(=O)c1ccc(C2CCN(C(=O)C3CCCC3)CC2)nc1N. The number of nitrogen functional groups attached to an aromatic ring is 1. The third-order valence-corrected chi connectivity index (χ3v) is 6.48. The molecule has 2 aliphatic rings. The Morgan fingerprint density at radius 3 is 2.45 bits per heavy atom. The van der Waals surface area contributed by atoms with Crippen LogP contribution in [-0.4, -0.2) is 41.9 Å². The fourth-order valence-electron chi connectivity index (χ4n) is 4.67. The highest BCUT2D eigenvalue weighted by Gasteiger charge is 2.31. The number of carbonyl (C=O) groups excluding carboxylic acids is 2. The Morgan fingerprint density at radius 2 is 1.77 bits per heavy atom. The molecule has 31 heavy (non-hydrogen) atoms. The van der Waals surface area contributed by atoms with Gasteiger partial charge in [-0.15, -0.1) is 0 Å². The number of anilines is 2. The van der Waals surface area contributed by atoms with Crippen LogP contribution >= 0.6 is 0 Å². The zero-order chi connectivity index (χ0) is 21.8. The van der Waals surface area contributed by atoms with Crippen LogP contribution in [0.5, 0.6) is 5.75 Å². The molecule has 3 N–H and O–H groups in total. The van der Waals surface area contributed by atoms with Crippen LogP contribution in [0.1, 0.15) is 60.5 Å². The Labute approximate surface area is 183 Å². The maximum atomic E-state index is 12.7. The van der Waals surface area contributed by atoms with E-state index >= 15 is 0 Å². The first-order chi connectivity index (χ1) is 15.1. The van der Waals surface area contributed by atoms with Crippen LogP contribution in [-0.2, 0) is 4.79 Å². The zero-order valence-electron chi connectivity index (χ0n) is 18.0. The van der Waals surface area contributed by atoms with Gasteiger partial charge >= 0.3 is 0 Å². The molecule has 0 unspecified atom stereocenters.